The molecule has 1 aliphatic carbocycles. The van der Waals surface area contributed by atoms with Gasteiger partial charge in [0.2, 0.25) is 0 Å². The predicted octanol–water partition coefficient (Wildman–Crippen LogP) is 3.60. The SMILES string of the molecule is CC1(C(NN)c2cscc2Br)CCCC1. The third kappa shape index (κ3) is 2.13. The van der Waals surface area contributed by atoms with E-state index in [4.69, 9.17) is 5.84 Å². The van der Waals surface area contributed by atoms with Crippen LogP contribution in [-0.2, 0) is 0 Å². The minimum absolute atomic E-state index is 0.278. The molecule has 2 nitrogen and oxygen atoms in total. The maximum absolute atomic E-state index is 5.73. The fraction of sp³-hybridized carbons (Fsp3) is 0.636. The maximum Gasteiger partial charge on any atom is 0.0532 e. The van der Waals surface area contributed by atoms with Crippen LogP contribution in [0.2, 0.25) is 0 Å². The van der Waals surface area contributed by atoms with Gasteiger partial charge in [0, 0.05) is 9.85 Å². The molecule has 0 saturated heterocycles. The van der Waals surface area contributed by atoms with Crippen LogP contribution in [-0.4, -0.2) is 0 Å². The Morgan fingerprint density at radius 1 is 1.47 bits per heavy atom. The Labute approximate surface area is 103 Å². The van der Waals surface area contributed by atoms with Crippen LogP contribution in [0.5, 0.6) is 0 Å². The highest BCUT2D eigenvalue weighted by molar-refractivity contribution is 9.10. The van der Waals surface area contributed by atoms with Crippen molar-refractivity contribution in [2.75, 3.05) is 0 Å². The summed E-state index contributed by atoms with van der Waals surface area (Å²) in [6, 6.07) is 0.278. The van der Waals surface area contributed by atoms with Gasteiger partial charge in [0.25, 0.3) is 0 Å². The Hall–Kier alpha value is 0.100. The number of hydrogen-bond donors (Lipinski definition) is 2. The fourth-order valence-electron chi connectivity index (χ4n) is 2.64. The summed E-state index contributed by atoms with van der Waals surface area (Å²) in [5.41, 5.74) is 4.63. The summed E-state index contributed by atoms with van der Waals surface area (Å²) in [6.07, 6.45) is 5.20. The zero-order valence-electron chi connectivity index (χ0n) is 8.92. The quantitative estimate of drug-likeness (QED) is 0.659. The Bertz CT molecular complexity index is 331. The van der Waals surface area contributed by atoms with E-state index >= 15 is 0 Å². The highest BCUT2D eigenvalue weighted by atomic mass is 79.9. The van der Waals surface area contributed by atoms with Crippen molar-refractivity contribution in [1.82, 2.24) is 5.43 Å². The smallest absolute Gasteiger partial charge is 0.0532 e. The lowest BCUT2D eigenvalue weighted by atomic mass is 9.78. The number of hydrazine groups is 1. The molecule has 1 heterocycles. The average Bonchev–Trinajstić information content (AvgIpc) is 2.79. The molecule has 3 N–H and O–H groups in total. The number of nitrogens with one attached hydrogen (secondary N) is 1. The number of rotatable bonds is 3. The highest BCUT2D eigenvalue weighted by Crippen LogP contribution is 2.48. The summed E-state index contributed by atoms with van der Waals surface area (Å²) in [5.74, 6) is 5.73. The van der Waals surface area contributed by atoms with Crippen LogP contribution in [0.15, 0.2) is 15.2 Å². The van der Waals surface area contributed by atoms with Gasteiger partial charge in [-0.1, -0.05) is 19.8 Å². The van der Waals surface area contributed by atoms with Gasteiger partial charge in [0.15, 0.2) is 0 Å². The standard InChI is InChI=1S/C11H17BrN2S/c1-11(4-2-3-5-11)10(14-13)8-6-15-7-9(8)12/h6-7,10,14H,2-5,13H2,1H3. The van der Waals surface area contributed by atoms with E-state index in [1.807, 2.05) is 0 Å². The zero-order chi connectivity index (χ0) is 10.9. The van der Waals surface area contributed by atoms with E-state index in [9.17, 15) is 0 Å². The van der Waals surface area contributed by atoms with Gasteiger partial charge in [-0.2, -0.15) is 11.3 Å². The number of halogens is 1. The predicted molar refractivity (Wildman–Crippen MR) is 68.7 cm³/mol. The Morgan fingerprint density at radius 2 is 2.13 bits per heavy atom. The molecule has 0 aromatic carbocycles. The van der Waals surface area contributed by atoms with E-state index in [1.165, 1.54) is 35.7 Å². The van der Waals surface area contributed by atoms with Crippen LogP contribution in [0.3, 0.4) is 0 Å². The Morgan fingerprint density at radius 3 is 2.60 bits per heavy atom. The molecule has 1 aromatic rings. The summed E-state index contributed by atoms with van der Waals surface area (Å²) in [7, 11) is 0. The number of nitrogens with two attached hydrogens (primary N) is 1. The molecule has 2 rings (SSSR count). The van der Waals surface area contributed by atoms with E-state index in [-0.39, 0.29) is 6.04 Å². The number of thiophene rings is 1. The molecule has 84 valence electrons. The molecule has 0 spiro atoms. The first-order valence-corrected chi connectivity index (χ1v) is 7.09. The van der Waals surface area contributed by atoms with Gasteiger partial charge < -0.3 is 0 Å². The minimum Gasteiger partial charge on any atom is -0.271 e. The molecule has 1 unspecified atom stereocenters. The van der Waals surface area contributed by atoms with E-state index in [0.29, 0.717) is 5.41 Å². The third-order valence-electron chi connectivity index (χ3n) is 3.56. The van der Waals surface area contributed by atoms with Gasteiger partial charge in [-0.3, -0.25) is 11.3 Å². The molecule has 1 aromatic heterocycles. The molecule has 0 amide bonds. The van der Waals surface area contributed by atoms with E-state index in [0.717, 1.165) is 0 Å². The molecule has 15 heavy (non-hydrogen) atoms. The number of hydrogen-bond acceptors (Lipinski definition) is 3. The van der Waals surface area contributed by atoms with E-state index in [2.05, 4.69) is 39.0 Å². The summed E-state index contributed by atoms with van der Waals surface area (Å²) >= 11 is 5.32. The lowest BCUT2D eigenvalue weighted by Crippen LogP contribution is -2.38. The van der Waals surface area contributed by atoms with Crippen LogP contribution in [0, 0.1) is 5.41 Å². The monoisotopic (exact) mass is 288 g/mol. The van der Waals surface area contributed by atoms with Crippen LogP contribution in [0.1, 0.15) is 44.2 Å². The lowest BCUT2D eigenvalue weighted by Gasteiger charge is -2.33. The van der Waals surface area contributed by atoms with E-state index in [1.54, 1.807) is 11.3 Å². The van der Waals surface area contributed by atoms with Crippen molar-refractivity contribution in [3.63, 3.8) is 0 Å². The lowest BCUT2D eigenvalue weighted by molar-refractivity contribution is 0.225. The first-order valence-electron chi connectivity index (χ1n) is 5.35. The maximum atomic E-state index is 5.73. The van der Waals surface area contributed by atoms with Crippen molar-refractivity contribution >= 4 is 27.3 Å². The van der Waals surface area contributed by atoms with Gasteiger partial charge in [-0.25, -0.2) is 0 Å². The van der Waals surface area contributed by atoms with E-state index < -0.39 is 0 Å². The second kappa shape index (κ2) is 4.53. The average molecular weight is 289 g/mol. The molecule has 0 aliphatic heterocycles. The van der Waals surface area contributed by atoms with Crippen LogP contribution in [0.4, 0.5) is 0 Å². The van der Waals surface area contributed by atoms with Crippen molar-refractivity contribution < 1.29 is 0 Å². The van der Waals surface area contributed by atoms with Crippen molar-refractivity contribution in [3.05, 3.63) is 20.8 Å². The Kier molecular flexibility index (Phi) is 3.50. The van der Waals surface area contributed by atoms with Crippen LogP contribution >= 0.6 is 27.3 Å². The highest BCUT2D eigenvalue weighted by Gasteiger charge is 2.38. The van der Waals surface area contributed by atoms with Crippen molar-refractivity contribution in [1.29, 1.82) is 0 Å². The summed E-state index contributed by atoms with van der Waals surface area (Å²) in [4.78, 5) is 0. The first-order chi connectivity index (χ1) is 7.17. The topological polar surface area (TPSA) is 38.0 Å². The van der Waals surface area contributed by atoms with Crippen LogP contribution in [0.25, 0.3) is 0 Å². The molecular weight excluding hydrogens is 272 g/mol. The van der Waals surface area contributed by atoms with Gasteiger partial charge in [0.05, 0.1) is 6.04 Å². The first kappa shape index (κ1) is 11.6. The second-order valence-electron chi connectivity index (χ2n) is 4.64. The largest absolute Gasteiger partial charge is 0.271 e. The molecule has 0 radical (unpaired) electrons. The van der Waals surface area contributed by atoms with Crippen molar-refractivity contribution in [2.45, 2.75) is 38.6 Å². The molecular formula is C11H17BrN2S. The second-order valence-corrected chi connectivity index (χ2v) is 6.23. The summed E-state index contributed by atoms with van der Waals surface area (Å²) in [5, 5.41) is 4.32. The summed E-state index contributed by atoms with van der Waals surface area (Å²) in [6.45, 7) is 2.34. The summed E-state index contributed by atoms with van der Waals surface area (Å²) < 4.78 is 1.18. The normalized spacial score (nSPS) is 21.8. The third-order valence-corrected chi connectivity index (χ3v) is 5.31. The van der Waals surface area contributed by atoms with Crippen molar-refractivity contribution in [2.24, 2.45) is 11.3 Å². The molecule has 1 saturated carbocycles. The fourth-order valence-corrected chi connectivity index (χ4v) is 4.19. The molecule has 1 aliphatic rings. The molecule has 0 bridgehead atoms. The van der Waals surface area contributed by atoms with Gasteiger partial charge in [-0.05, 0) is 45.1 Å². The zero-order valence-corrected chi connectivity index (χ0v) is 11.3. The molecule has 1 fully saturated rings. The van der Waals surface area contributed by atoms with Gasteiger partial charge in [-0.15, -0.1) is 0 Å². The van der Waals surface area contributed by atoms with Crippen LogP contribution < -0.4 is 11.3 Å². The molecule has 4 heteroatoms. The molecule has 1 atom stereocenters. The van der Waals surface area contributed by atoms with Gasteiger partial charge in [0.1, 0.15) is 0 Å². The Balaban J connectivity index is 2.27. The van der Waals surface area contributed by atoms with Gasteiger partial charge >= 0.3 is 0 Å². The van der Waals surface area contributed by atoms with Crippen molar-refractivity contribution in [3.8, 4) is 0 Å². The minimum atomic E-state index is 0.278.